The van der Waals surface area contributed by atoms with Crippen LogP contribution in [0.25, 0.3) is 0 Å². The fourth-order valence-corrected chi connectivity index (χ4v) is 3.00. The molecule has 1 N–H and O–H groups in total. The van der Waals surface area contributed by atoms with Gasteiger partial charge in [0, 0.05) is 11.8 Å². The number of hydrogen-bond acceptors (Lipinski definition) is 5. The molecule has 1 aromatic carbocycles. The Labute approximate surface area is 108 Å². The average molecular weight is 273 g/mol. The molecule has 6 heteroatoms. The van der Waals surface area contributed by atoms with E-state index in [9.17, 15) is 8.42 Å². The van der Waals surface area contributed by atoms with Gasteiger partial charge in [-0.15, -0.1) is 0 Å². The summed E-state index contributed by atoms with van der Waals surface area (Å²) in [6.45, 7) is 0.659. The molecule has 0 saturated carbocycles. The molecule has 0 heterocycles. The molecule has 0 aliphatic rings. The second-order valence-electron chi connectivity index (χ2n) is 3.90. The number of nitrogens with one attached hydrogen (secondary N) is 1. The van der Waals surface area contributed by atoms with Crippen molar-refractivity contribution in [3.8, 4) is 11.5 Å². The molecular formula is C12H19NO4S. The van der Waals surface area contributed by atoms with Crippen molar-refractivity contribution in [3.05, 3.63) is 17.7 Å². The van der Waals surface area contributed by atoms with Gasteiger partial charge in [0.05, 0.1) is 14.2 Å². The van der Waals surface area contributed by atoms with Crippen molar-refractivity contribution in [1.82, 2.24) is 5.32 Å². The van der Waals surface area contributed by atoms with Gasteiger partial charge in [0.2, 0.25) is 0 Å². The Kier molecular flexibility index (Phi) is 4.98. The molecule has 0 amide bonds. The molecule has 0 aromatic heterocycles. The van der Waals surface area contributed by atoms with Crippen LogP contribution in [0.2, 0.25) is 0 Å². The molecule has 18 heavy (non-hydrogen) atoms. The number of hydrogen-bond donors (Lipinski definition) is 1. The summed E-state index contributed by atoms with van der Waals surface area (Å²) in [7, 11) is 1.42. The molecule has 0 saturated heterocycles. The van der Waals surface area contributed by atoms with Crippen LogP contribution in [0.4, 0.5) is 0 Å². The van der Waals surface area contributed by atoms with Crippen molar-refractivity contribution in [2.45, 2.75) is 11.3 Å². The maximum Gasteiger partial charge on any atom is 0.179 e. The Balaban J connectivity index is 3.48. The maximum absolute atomic E-state index is 11.9. The summed E-state index contributed by atoms with van der Waals surface area (Å²) >= 11 is 0. The Morgan fingerprint density at radius 3 is 2.17 bits per heavy atom. The molecule has 102 valence electrons. The van der Waals surface area contributed by atoms with E-state index in [0.717, 1.165) is 0 Å². The van der Waals surface area contributed by atoms with Gasteiger partial charge in [0.1, 0.15) is 16.4 Å². The van der Waals surface area contributed by atoms with Crippen LogP contribution in [0.1, 0.15) is 5.56 Å². The van der Waals surface area contributed by atoms with E-state index in [0.29, 0.717) is 30.0 Å². The monoisotopic (exact) mass is 273 g/mol. The SMILES string of the molecule is CNCCc1c(OC)ccc(OC)c1S(C)(=O)=O. The minimum absolute atomic E-state index is 0.208. The van der Waals surface area contributed by atoms with Crippen molar-refractivity contribution in [1.29, 1.82) is 0 Å². The van der Waals surface area contributed by atoms with E-state index < -0.39 is 9.84 Å². The van der Waals surface area contributed by atoms with Crippen LogP contribution in [0.15, 0.2) is 17.0 Å². The highest BCUT2D eigenvalue weighted by Gasteiger charge is 2.22. The standard InChI is InChI=1S/C12H19NO4S/c1-13-8-7-9-10(16-2)5-6-11(17-3)12(9)18(4,14)15/h5-6,13H,7-8H2,1-4H3. The zero-order valence-corrected chi connectivity index (χ0v) is 11.9. The molecule has 0 bridgehead atoms. The summed E-state index contributed by atoms with van der Waals surface area (Å²) in [5.41, 5.74) is 0.647. The van der Waals surface area contributed by atoms with Gasteiger partial charge in [0.15, 0.2) is 9.84 Å². The normalized spacial score (nSPS) is 11.3. The predicted octanol–water partition coefficient (Wildman–Crippen LogP) is 0.869. The van der Waals surface area contributed by atoms with Crippen molar-refractivity contribution in [3.63, 3.8) is 0 Å². The van der Waals surface area contributed by atoms with Crippen molar-refractivity contribution < 1.29 is 17.9 Å². The number of likely N-dealkylation sites (N-methyl/N-ethyl adjacent to an activating group) is 1. The molecule has 5 nitrogen and oxygen atoms in total. The van der Waals surface area contributed by atoms with Crippen LogP contribution in [-0.2, 0) is 16.3 Å². The zero-order chi connectivity index (χ0) is 13.8. The minimum Gasteiger partial charge on any atom is -0.496 e. The zero-order valence-electron chi connectivity index (χ0n) is 11.1. The van der Waals surface area contributed by atoms with Gasteiger partial charge in [-0.25, -0.2) is 8.42 Å². The molecule has 0 unspecified atom stereocenters. The fourth-order valence-electron chi connectivity index (χ4n) is 1.83. The lowest BCUT2D eigenvalue weighted by Gasteiger charge is -2.16. The summed E-state index contributed by atoms with van der Waals surface area (Å²) < 4.78 is 34.2. The molecule has 0 radical (unpaired) electrons. The van der Waals surface area contributed by atoms with Gasteiger partial charge in [-0.3, -0.25) is 0 Å². The number of ether oxygens (including phenoxy) is 2. The smallest absolute Gasteiger partial charge is 0.179 e. The third-order valence-corrected chi connectivity index (χ3v) is 3.81. The Hall–Kier alpha value is -1.27. The van der Waals surface area contributed by atoms with Crippen molar-refractivity contribution >= 4 is 9.84 Å². The predicted molar refractivity (Wildman–Crippen MR) is 70.3 cm³/mol. The van der Waals surface area contributed by atoms with Crippen LogP contribution >= 0.6 is 0 Å². The third-order valence-electron chi connectivity index (χ3n) is 2.62. The first kappa shape index (κ1) is 14.8. The van der Waals surface area contributed by atoms with Crippen LogP contribution in [0.3, 0.4) is 0 Å². The highest BCUT2D eigenvalue weighted by atomic mass is 32.2. The second-order valence-corrected chi connectivity index (χ2v) is 5.86. The second kappa shape index (κ2) is 6.06. The molecule has 0 aliphatic heterocycles. The van der Waals surface area contributed by atoms with Gasteiger partial charge in [-0.2, -0.15) is 0 Å². The molecule has 1 aromatic rings. The summed E-state index contributed by atoms with van der Waals surface area (Å²) in [6, 6.07) is 3.33. The number of benzene rings is 1. The summed E-state index contributed by atoms with van der Waals surface area (Å²) in [6.07, 6.45) is 1.73. The van der Waals surface area contributed by atoms with Crippen LogP contribution in [0.5, 0.6) is 11.5 Å². The average Bonchev–Trinajstić information content (AvgIpc) is 2.33. The molecular weight excluding hydrogens is 254 g/mol. The first-order valence-electron chi connectivity index (χ1n) is 5.54. The van der Waals surface area contributed by atoms with Gasteiger partial charge in [-0.1, -0.05) is 0 Å². The van der Waals surface area contributed by atoms with E-state index in [1.54, 1.807) is 12.1 Å². The number of sulfone groups is 1. The summed E-state index contributed by atoms with van der Waals surface area (Å²) in [5, 5.41) is 2.99. The fraction of sp³-hybridized carbons (Fsp3) is 0.500. The molecule has 0 spiro atoms. The van der Waals surface area contributed by atoms with Gasteiger partial charge < -0.3 is 14.8 Å². The van der Waals surface area contributed by atoms with E-state index in [1.807, 2.05) is 7.05 Å². The van der Waals surface area contributed by atoms with Gasteiger partial charge in [-0.05, 0) is 32.1 Å². The van der Waals surface area contributed by atoms with Gasteiger partial charge >= 0.3 is 0 Å². The Morgan fingerprint density at radius 2 is 1.72 bits per heavy atom. The van der Waals surface area contributed by atoms with Crippen LogP contribution < -0.4 is 14.8 Å². The quantitative estimate of drug-likeness (QED) is 0.833. The van der Waals surface area contributed by atoms with E-state index in [-0.39, 0.29) is 4.90 Å². The number of rotatable bonds is 6. The third kappa shape index (κ3) is 3.14. The molecule has 0 aliphatic carbocycles. The number of methoxy groups -OCH3 is 2. The van der Waals surface area contributed by atoms with Crippen LogP contribution in [0, 0.1) is 0 Å². The molecule has 0 atom stereocenters. The Bertz CT molecular complexity index is 511. The minimum atomic E-state index is -3.37. The lowest BCUT2D eigenvalue weighted by atomic mass is 10.1. The maximum atomic E-state index is 11.9. The van der Waals surface area contributed by atoms with Crippen molar-refractivity contribution in [2.24, 2.45) is 0 Å². The summed E-state index contributed by atoms with van der Waals surface area (Å²) in [4.78, 5) is 0.208. The van der Waals surface area contributed by atoms with Crippen LogP contribution in [-0.4, -0.2) is 42.5 Å². The van der Waals surface area contributed by atoms with E-state index >= 15 is 0 Å². The lowest BCUT2D eigenvalue weighted by molar-refractivity contribution is 0.387. The van der Waals surface area contributed by atoms with Crippen molar-refractivity contribution in [2.75, 3.05) is 34.1 Å². The van der Waals surface area contributed by atoms with E-state index in [2.05, 4.69) is 5.32 Å². The Morgan fingerprint density at radius 1 is 1.17 bits per heavy atom. The van der Waals surface area contributed by atoms with E-state index in [1.165, 1.54) is 20.5 Å². The summed E-state index contributed by atoms with van der Waals surface area (Å²) in [5.74, 6) is 0.913. The first-order valence-corrected chi connectivity index (χ1v) is 7.43. The first-order chi connectivity index (χ1) is 8.45. The largest absolute Gasteiger partial charge is 0.496 e. The molecule has 0 fully saturated rings. The molecule has 1 rings (SSSR count). The lowest BCUT2D eigenvalue weighted by Crippen LogP contribution is -2.14. The van der Waals surface area contributed by atoms with E-state index in [4.69, 9.17) is 9.47 Å². The highest BCUT2D eigenvalue weighted by molar-refractivity contribution is 7.90. The highest BCUT2D eigenvalue weighted by Crippen LogP contribution is 2.34. The topological polar surface area (TPSA) is 64.6 Å². The van der Waals surface area contributed by atoms with Gasteiger partial charge in [0.25, 0.3) is 0 Å².